The number of nitrogens with one attached hydrogen (secondary N) is 1. The molecule has 1 atom stereocenters. The first-order valence-corrected chi connectivity index (χ1v) is 9.83. The van der Waals surface area contributed by atoms with E-state index in [0.29, 0.717) is 13.2 Å². The van der Waals surface area contributed by atoms with Crippen LogP contribution in [0.25, 0.3) is 11.0 Å². The Hall–Kier alpha value is -3.31. The average Bonchev–Trinajstić information content (AvgIpc) is 3.17. The van der Waals surface area contributed by atoms with E-state index in [0.717, 1.165) is 39.7 Å². The van der Waals surface area contributed by atoms with E-state index in [1.54, 1.807) is 0 Å². The highest BCUT2D eigenvalue weighted by Gasteiger charge is 2.19. The van der Waals surface area contributed by atoms with Crippen LogP contribution in [0.3, 0.4) is 0 Å². The number of hydrogen-bond acceptors (Lipinski definition) is 4. The lowest BCUT2D eigenvalue weighted by molar-refractivity contribution is 0.0859. The van der Waals surface area contributed by atoms with Gasteiger partial charge in [0.25, 0.3) is 0 Å². The Morgan fingerprint density at radius 1 is 0.828 bits per heavy atom. The topological polar surface area (TPSA) is 56.4 Å². The molecule has 1 heterocycles. The van der Waals surface area contributed by atoms with Crippen LogP contribution in [0.15, 0.2) is 72.8 Å². The first kappa shape index (κ1) is 19.0. The molecule has 29 heavy (non-hydrogen) atoms. The maximum absolute atomic E-state index is 6.01. The Bertz CT molecular complexity index is 1060. The fourth-order valence-corrected chi connectivity index (χ4v) is 3.22. The van der Waals surface area contributed by atoms with Crippen LogP contribution in [0.1, 0.15) is 31.3 Å². The zero-order valence-electron chi connectivity index (χ0n) is 16.6. The number of benzene rings is 3. The van der Waals surface area contributed by atoms with Crippen LogP contribution in [-0.4, -0.2) is 23.2 Å². The standard InChI is InChI=1S/C24H24N2O3/c1-3-27-20-14-15-21-22(16-20)26-24(25-21)23(28-4-2)17-10-12-19(13-11-17)29-18-8-6-5-7-9-18/h5-16,23H,3-4H2,1-2H3,(H,25,26). The SMILES string of the molecule is CCOc1ccc2[nH]c(C(OCC)c3ccc(Oc4ccccc4)cc3)nc2c1. The summed E-state index contributed by atoms with van der Waals surface area (Å²) in [6.45, 7) is 5.15. The summed E-state index contributed by atoms with van der Waals surface area (Å²) in [5, 5.41) is 0. The molecule has 4 aromatic rings. The van der Waals surface area contributed by atoms with Crippen LogP contribution >= 0.6 is 0 Å². The minimum absolute atomic E-state index is 0.284. The molecule has 148 valence electrons. The van der Waals surface area contributed by atoms with Gasteiger partial charge in [-0.1, -0.05) is 30.3 Å². The van der Waals surface area contributed by atoms with Crippen LogP contribution in [0.4, 0.5) is 0 Å². The molecule has 0 amide bonds. The molecule has 0 saturated carbocycles. The summed E-state index contributed by atoms with van der Waals surface area (Å²) < 4.78 is 17.5. The predicted octanol–water partition coefficient (Wildman–Crippen LogP) is 5.88. The van der Waals surface area contributed by atoms with Crippen molar-refractivity contribution in [3.05, 3.63) is 84.2 Å². The van der Waals surface area contributed by atoms with Crippen molar-refractivity contribution < 1.29 is 14.2 Å². The molecule has 1 N–H and O–H groups in total. The number of H-pyrrole nitrogens is 1. The first-order valence-electron chi connectivity index (χ1n) is 9.83. The highest BCUT2D eigenvalue weighted by atomic mass is 16.5. The largest absolute Gasteiger partial charge is 0.494 e. The molecule has 0 saturated heterocycles. The van der Waals surface area contributed by atoms with E-state index >= 15 is 0 Å². The van der Waals surface area contributed by atoms with E-state index in [2.05, 4.69) is 4.98 Å². The number of nitrogens with zero attached hydrogens (tertiary/aromatic N) is 1. The number of hydrogen-bond donors (Lipinski definition) is 1. The molecule has 3 aromatic carbocycles. The maximum Gasteiger partial charge on any atom is 0.141 e. The molecule has 0 spiro atoms. The fourth-order valence-electron chi connectivity index (χ4n) is 3.22. The number of fused-ring (bicyclic) bond motifs is 1. The van der Waals surface area contributed by atoms with Gasteiger partial charge in [0.05, 0.1) is 17.6 Å². The molecule has 0 radical (unpaired) electrons. The van der Waals surface area contributed by atoms with Gasteiger partial charge in [0.2, 0.25) is 0 Å². The van der Waals surface area contributed by atoms with Crippen molar-refractivity contribution in [1.29, 1.82) is 0 Å². The first-order chi connectivity index (χ1) is 14.3. The lowest BCUT2D eigenvalue weighted by Crippen LogP contribution is -2.08. The van der Waals surface area contributed by atoms with Gasteiger partial charge in [0, 0.05) is 12.7 Å². The molecule has 5 nitrogen and oxygen atoms in total. The maximum atomic E-state index is 6.01. The molecule has 4 rings (SSSR count). The van der Waals surface area contributed by atoms with Gasteiger partial charge in [-0.05, 0) is 55.8 Å². The van der Waals surface area contributed by atoms with Gasteiger partial charge in [-0.3, -0.25) is 0 Å². The van der Waals surface area contributed by atoms with Crippen molar-refractivity contribution in [2.45, 2.75) is 20.0 Å². The van der Waals surface area contributed by atoms with Crippen molar-refractivity contribution in [2.75, 3.05) is 13.2 Å². The van der Waals surface area contributed by atoms with Crippen molar-refractivity contribution >= 4 is 11.0 Å². The number of rotatable bonds is 8. The smallest absolute Gasteiger partial charge is 0.141 e. The number of imidazole rings is 1. The average molecular weight is 388 g/mol. The van der Waals surface area contributed by atoms with E-state index in [-0.39, 0.29) is 6.10 Å². The Morgan fingerprint density at radius 2 is 1.55 bits per heavy atom. The Balaban J connectivity index is 1.59. The Morgan fingerprint density at radius 3 is 2.28 bits per heavy atom. The van der Waals surface area contributed by atoms with Crippen LogP contribution in [0.2, 0.25) is 0 Å². The molecule has 0 aliphatic heterocycles. The number of aromatic nitrogens is 2. The van der Waals surface area contributed by atoms with Crippen molar-refractivity contribution in [2.24, 2.45) is 0 Å². The molecular formula is C24H24N2O3. The number of para-hydroxylation sites is 1. The van der Waals surface area contributed by atoms with Crippen molar-refractivity contribution in [3.63, 3.8) is 0 Å². The monoisotopic (exact) mass is 388 g/mol. The van der Waals surface area contributed by atoms with E-state index in [1.807, 2.05) is 86.6 Å². The normalized spacial score (nSPS) is 12.1. The van der Waals surface area contributed by atoms with Crippen LogP contribution < -0.4 is 9.47 Å². The minimum Gasteiger partial charge on any atom is -0.494 e. The summed E-state index contributed by atoms with van der Waals surface area (Å²) in [5.41, 5.74) is 2.83. The summed E-state index contributed by atoms with van der Waals surface area (Å²) in [6, 6.07) is 23.5. The molecule has 5 heteroatoms. The summed E-state index contributed by atoms with van der Waals surface area (Å²) in [6.07, 6.45) is -0.284. The molecule has 0 aliphatic rings. The summed E-state index contributed by atoms with van der Waals surface area (Å²) in [7, 11) is 0. The second-order valence-electron chi connectivity index (χ2n) is 6.55. The van der Waals surface area contributed by atoms with Gasteiger partial charge in [0.1, 0.15) is 29.2 Å². The third-order valence-corrected chi connectivity index (χ3v) is 4.53. The Labute approximate surface area is 170 Å². The molecular weight excluding hydrogens is 364 g/mol. The minimum atomic E-state index is -0.284. The van der Waals surface area contributed by atoms with Gasteiger partial charge in [-0.25, -0.2) is 4.98 Å². The second-order valence-corrected chi connectivity index (χ2v) is 6.55. The molecule has 0 fully saturated rings. The summed E-state index contributed by atoms with van der Waals surface area (Å²) >= 11 is 0. The van der Waals surface area contributed by atoms with Gasteiger partial charge in [-0.2, -0.15) is 0 Å². The van der Waals surface area contributed by atoms with E-state index in [9.17, 15) is 0 Å². The zero-order chi connectivity index (χ0) is 20.1. The van der Waals surface area contributed by atoms with Gasteiger partial charge < -0.3 is 19.2 Å². The second kappa shape index (κ2) is 8.80. The van der Waals surface area contributed by atoms with Crippen LogP contribution in [0, 0.1) is 0 Å². The van der Waals surface area contributed by atoms with Crippen LogP contribution in [0.5, 0.6) is 17.2 Å². The molecule has 0 bridgehead atoms. The van der Waals surface area contributed by atoms with Crippen molar-refractivity contribution in [3.8, 4) is 17.2 Å². The van der Waals surface area contributed by atoms with Gasteiger partial charge in [-0.15, -0.1) is 0 Å². The van der Waals surface area contributed by atoms with E-state index in [1.165, 1.54) is 0 Å². The summed E-state index contributed by atoms with van der Waals surface area (Å²) in [5.74, 6) is 3.17. The highest BCUT2D eigenvalue weighted by molar-refractivity contribution is 5.77. The van der Waals surface area contributed by atoms with E-state index in [4.69, 9.17) is 19.2 Å². The molecule has 1 aromatic heterocycles. The lowest BCUT2D eigenvalue weighted by Gasteiger charge is -2.15. The highest BCUT2D eigenvalue weighted by Crippen LogP contribution is 2.29. The number of aromatic amines is 1. The van der Waals surface area contributed by atoms with E-state index < -0.39 is 0 Å². The third-order valence-electron chi connectivity index (χ3n) is 4.53. The molecule has 0 aliphatic carbocycles. The predicted molar refractivity (Wildman–Crippen MR) is 114 cm³/mol. The molecule has 1 unspecified atom stereocenters. The fraction of sp³-hybridized carbons (Fsp3) is 0.208. The van der Waals surface area contributed by atoms with Crippen molar-refractivity contribution in [1.82, 2.24) is 9.97 Å². The van der Waals surface area contributed by atoms with Gasteiger partial charge >= 0.3 is 0 Å². The third kappa shape index (κ3) is 4.41. The number of ether oxygens (including phenoxy) is 3. The van der Waals surface area contributed by atoms with Crippen LogP contribution in [-0.2, 0) is 4.74 Å². The Kier molecular flexibility index (Phi) is 5.77. The lowest BCUT2D eigenvalue weighted by atomic mass is 10.1. The van der Waals surface area contributed by atoms with Gasteiger partial charge in [0.15, 0.2) is 0 Å². The quantitative estimate of drug-likeness (QED) is 0.409. The zero-order valence-corrected chi connectivity index (χ0v) is 16.6. The summed E-state index contributed by atoms with van der Waals surface area (Å²) in [4.78, 5) is 8.13.